The molecular weight excluding hydrogens is 276 g/mol. The summed E-state index contributed by atoms with van der Waals surface area (Å²) in [4.78, 5) is 15.8. The van der Waals surface area contributed by atoms with Crippen LogP contribution in [0.25, 0.3) is 11.1 Å². The predicted octanol–water partition coefficient (Wildman–Crippen LogP) is 2.85. The number of thioether (sulfide) groups is 1. The number of hydrogen-bond donors (Lipinski definition) is 1. The van der Waals surface area contributed by atoms with Crippen molar-refractivity contribution < 1.29 is 13.9 Å². The van der Waals surface area contributed by atoms with Crippen LogP contribution in [0.4, 0.5) is 5.69 Å². The first-order valence-electron chi connectivity index (χ1n) is 6.46. The van der Waals surface area contributed by atoms with Crippen LogP contribution >= 0.6 is 11.8 Å². The van der Waals surface area contributed by atoms with Crippen LogP contribution in [-0.2, 0) is 9.53 Å². The minimum atomic E-state index is -0.145. The molecule has 1 aliphatic carbocycles. The van der Waals surface area contributed by atoms with E-state index >= 15 is 0 Å². The molecule has 0 unspecified atom stereocenters. The molecule has 1 fully saturated rings. The fourth-order valence-corrected chi connectivity index (χ4v) is 3.26. The molecule has 1 aliphatic rings. The van der Waals surface area contributed by atoms with E-state index in [4.69, 9.17) is 14.9 Å². The van der Waals surface area contributed by atoms with Gasteiger partial charge in [0, 0.05) is 17.5 Å². The lowest BCUT2D eigenvalue weighted by Gasteiger charge is -2.11. The summed E-state index contributed by atoms with van der Waals surface area (Å²) >= 11 is 1.55. The number of methoxy groups -OCH3 is 1. The van der Waals surface area contributed by atoms with Crippen LogP contribution in [0.5, 0.6) is 0 Å². The van der Waals surface area contributed by atoms with Gasteiger partial charge in [-0.05, 0) is 30.4 Å². The Kier molecular flexibility index (Phi) is 3.33. The number of esters is 1. The number of nitrogen functional groups attached to an aromatic ring is 1. The van der Waals surface area contributed by atoms with Crippen molar-refractivity contribution in [2.45, 2.75) is 24.5 Å². The molecule has 1 aromatic heterocycles. The van der Waals surface area contributed by atoms with Gasteiger partial charge in [0.05, 0.1) is 13.5 Å². The van der Waals surface area contributed by atoms with E-state index in [0.29, 0.717) is 22.9 Å². The molecule has 3 rings (SSSR count). The van der Waals surface area contributed by atoms with Crippen LogP contribution in [0.1, 0.15) is 19.3 Å². The second-order valence-corrected chi connectivity index (χ2v) is 6.18. The molecular formula is C14H16N2O3S. The molecule has 0 saturated heterocycles. The van der Waals surface area contributed by atoms with E-state index in [9.17, 15) is 4.79 Å². The number of benzene rings is 1. The van der Waals surface area contributed by atoms with E-state index in [2.05, 4.69) is 4.98 Å². The summed E-state index contributed by atoms with van der Waals surface area (Å²) in [5, 5.41) is 0.627. The average Bonchev–Trinajstić information content (AvgIpc) is 3.07. The monoisotopic (exact) mass is 292 g/mol. The van der Waals surface area contributed by atoms with Crippen molar-refractivity contribution in [3.63, 3.8) is 0 Å². The Morgan fingerprint density at radius 1 is 1.55 bits per heavy atom. The Morgan fingerprint density at radius 3 is 3.05 bits per heavy atom. The maximum atomic E-state index is 11.4. The minimum absolute atomic E-state index is 0.0669. The molecule has 0 radical (unpaired) electrons. The van der Waals surface area contributed by atoms with E-state index in [1.807, 2.05) is 6.07 Å². The predicted molar refractivity (Wildman–Crippen MR) is 77.4 cm³/mol. The molecule has 0 bridgehead atoms. The van der Waals surface area contributed by atoms with Crippen LogP contribution in [0.15, 0.2) is 27.8 Å². The highest BCUT2D eigenvalue weighted by molar-refractivity contribution is 7.99. The van der Waals surface area contributed by atoms with Gasteiger partial charge < -0.3 is 14.9 Å². The molecule has 0 amide bonds. The third-order valence-corrected chi connectivity index (χ3v) is 4.78. The molecule has 0 spiro atoms. The molecule has 5 nitrogen and oxygen atoms in total. The first-order valence-corrected chi connectivity index (χ1v) is 7.44. The minimum Gasteiger partial charge on any atom is -0.469 e. The van der Waals surface area contributed by atoms with Crippen molar-refractivity contribution in [2.24, 2.45) is 5.41 Å². The summed E-state index contributed by atoms with van der Waals surface area (Å²) < 4.78 is 10.4. The van der Waals surface area contributed by atoms with Crippen molar-refractivity contribution in [2.75, 3.05) is 18.6 Å². The molecule has 2 N–H and O–H groups in total. The Hall–Kier alpha value is -1.69. The van der Waals surface area contributed by atoms with Crippen LogP contribution < -0.4 is 5.73 Å². The molecule has 1 saturated carbocycles. The SMILES string of the molecule is COC(=O)CC1(CSc2nc3ccc(N)cc3o2)CC1. The second kappa shape index (κ2) is 5.01. The second-order valence-electron chi connectivity index (χ2n) is 5.25. The Bertz CT molecular complexity index is 649. The highest BCUT2D eigenvalue weighted by Gasteiger charge is 2.44. The Balaban J connectivity index is 1.66. The zero-order chi connectivity index (χ0) is 14.2. The number of oxazole rings is 1. The number of nitrogens with two attached hydrogens (primary N) is 1. The number of carbonyl (C=O) groups excluding carboxylic acids is 1. The third kappa shape index (κ3) is 2.75. The highest BCUT2D eigenvalue weighted by atomic mass is 32.2. The third-order valence-electron chi connectivity index (χ3n) is 3.60. The maximum Gasteiger partial charge on any atom is 0.306 e. The topological polar surface area (TPSA) is 78.3 Å². The molecule has 1 heterocycles. The molecule has 1 aromatic carbocycles. The first-order chi connectivity index (χ1) is 9.60. The van der Waals surface area contributed by atoms with Crippen molar-refractivity contribution in [3.8, 4) is 0 Å². The Labute approximate surface area is 120 Å². The first kappa shape index (κ1) is 13.3. The zero-order valence-electron chi connectivity index (χ0n) is 11.2. The summed E-state index contributed by atoms with van der Waals surface area (Å²) in [6, 6.07) is 5.42. The maximum absolute atomic E-state index is 11.4. The summed E-state index contributed by atoms with van der Waals surface area (Å²) in [6.07, 6.45) is 2.59. The number of ether oxygens (including phenoxy) is 1. The average molecular weight is 292 g/mol. The lowest BCUT2D eigenvalue weighted by atomic mass is 10.1. The van der Waals surface area contributed by atoms with E-state index in [0.717, 1.165) is 24.1 Å². The van der Waals surface area contributed by atoms with E-state index in [1.54, 1.807) is 23.9 Å². The standard InChI is InChI=1S/C14H16N2O3S/c1-18-12(17)7-14(4-5-14)8-20-13-16-10-3-2-9(15)6-11(10)19-13/h2-3,6H,4-5,7-8,15H2,1H3. The lowest BCUT2D eigenvalue weighted by Crippen LogP contribution is -2.12. The smallest absolute Gasteiger partial charge is 0.306 e. The van der Waals surface area contributed by atoms with Crippen molar-refractivity contribution in [1.29, 1.82) is 0 Å². The van der Waals surface area contributed by atoms with Crippen molar-refractivity contribution in [3.05, 3.63) is 18.2 Å². The number of fused-ring (bicyclic) bond motifs is 1. The largest absolute Gasteiger partial charge is 0.469 e. The van der Waals surface area contributed by atoms with Crippen LogP contribution in [0.2, 0.25) is 0 Å². The Morgan fingerprint density at radius 2 is 2.35 bits per heavy atom. The molecule has 0 aliphatic heterocycles. The van der Waals surface area contributed by atoms with E-state index in [1.165, 1.54) is 7.11 Å². The van der Waals surface area contributed by atoms with Gasteiger partial charge in [0.25, 0.3) is 5.22 Å². The van der Waals surface area contributed by atoms with Gasteiger partial charge in [-0.1, -0.05) is 11.8 Å². The molecule has 106 valence electrons. The quantitative estimate of drug-likeness (QED) is 0.518. The van der Waals surface area contributed by atoms with E-state index < -0.39 is 0 Å². The van der Waals surface area contributed by atoms with Gasteiger partial charge in [0.15, 0.2) is 5.58 Å². The number of nitrogens with zero attached hydrogens (tertiary/aromatic N) is 1. The van der Waals surface area contributed by atoms with Gasteiger partial charge in [0.1, 0.15) is 5.52 Å². The summed E-state index contributed by atoms with van der Waals surface area (Å²) in [5.41, 5.74) is 7.94. The van der Waals surface area contributed by atoms with Gasteiger partial charge in [-0.3, -0.25) is 4.79 Å². The molecule has 2 aromatic rings. The number of carbonyl (C=O) groups is 1. The van der Waals surface area contributed by atoms with Gasteiger partial charge in [-0.15, -0.1) is 0 Å². The van der Waals surface area contributed by atoms with Gasteiger partial charge >= 0.3 is 5.97 Å². The van der Waals surface area contributed by atoms with Crippen LogP contribution in [0.3, 0.4) is 0 Å². The normalized spacial score (nSPS) is 16.2. The summed E-state index contributed by atoms with van der Waals surface area (Å²) in [6.45, 7) is 0. The highest BCUT2D eigenvalue weighted by Crippen LogP contribution is 2.52. The van der Waals surface area contributed by atoms with E-state index in [-0.39, 0.29) is 11.4 Å². The number of anilines is 1. The molecule has 6 heteroatoms. The van der Waals surface area contributed by atoms with Crippen LogP contribution in [-0.4, -0.2) is 23.8 Å². The molecule has 0 atom stereocenters. The van der Waals surface area contributed by atoms with Gasteiger partial charge in [-0.25, -0.2) is 4.98 Å². The lowest BCUT2D eigenvalue weighted by molar-refractivity contribution is -0.141. The fraction of sp³-hybridized carbons (Fsp3) is 0.429. The number of aromatic nitrogens is 1. The molecule has 20 heavy (non-hydrogen) atoms. The fourth-order valence-electron chi connectivity index (χ4n) is 2.12. The summed E-state index contributed by atoms with van der Waals surface area (Å²) in [7, 11) is 1.43. The van der Waals surface area contributed by atoms with Crippen molar-refractivity contribution in [1.82, 2.24) is 4.98 Å². The van der Waals surface area contributed by atoms with Crippen molar-refractivity contribution >= 4 is 34.5 Å². The summed E-state index contributed by atoms with van der Waals surface area (Å²) in [5.74, 6) is 0.679. The zero-order valence-corrected chi connectivity index (χ0v) is 12.0. The van der Waals surface area contributed by atoms with Gasteiger partial charge in [0.2, 0.25) is 0 Å². The number of hydrogen-bond acceptors (Lipinski definition) is 6. The number of rotatable bonds is 5. The van der Waals surface area contributed by atoms with Crippen LogP contribution in [0, 0.1) is 5.41 Å². The van der Waals surface area contributed by atoms with Gasteiger partial charge in [-0.2, -0.15) is 0 Å².